The molecule has 2 heterocycles. The van der Waals surface area contributed by atoms with Gasteiger partial charge in [-0.3, -0.25) is 9.97 Å². The molecule has 4 bridgehead atoms. The fraction of sp³-hybridized carbons (Fsp3) is 0.375. The maximum Gasteiger partial charge on any atom is 0.0886 e. The van der Waals surface area contributed by atoms with E-state index in [0.29, 0.717) is 23.7 Å². The molecule has 0 saturated heterocycles. The first-order valence-corrected chi connectivity index (χ1v) is 10.0. The second-order valence-corrected chi connectivity index (χ2v) is 8.16. The number of allylic oxidation sites excluding steroid dienone is 3. The summed E-state index contributed by atoms with van der Waals surface area (Å²) >= 11 is 0. The zero-order valence-electron chi connectivity index (χ0n) is 15.6. The Morgan fingerprint density at radius 1 is 0.786 bits per heavy atom. The molecule has 2 aromatic heterocycles. The van der Waals surface area contributed by atoms with Gasteiger partial charge in [0.25, 0.3) is 0 Å². The van der Waals surface area contributed by atoms with E-state index in [-0.39, 0.29) is 22.6 Å². The van der Waals surface area contributed by atoms with Crippen LogP contribution in [0.1, 0.15) is 12.8 Å². The topological polar surface area (TPSA) is 46.0 Å². The molecule has 0 aliphatic heterocycles. The first-order chi connectivity index (χ1) is 13.3. The van der Waals surface area contributed by atoms with Crippen LogP contribution in [0.5, 0.6) is 0 Å². The third-order valence-electron chi connectivity index (χ3n) is 6.63. The van der Waals surface area contributed by atoms with Crippen LogP contribution in [0.25, 0.3) is 11.4 Å². The maximum atomic E-state index is 10.3. The van der Waals surface area contributed by atoms with Crippen LogP contribution in [-0.4, -0.2) is 21.2 Å². The number of hydrogen-bond acceptors (Lipinski definition) is 3. The molecule has 0 aromatic carbocycles. The van der Waals surface area contributed by atoms with E-state index >= 15 is 0 Å². The van der Waals surface area contributed by atoms with Crippen LogP contribution in [0, 0.1) is 41.9 Å². The van der Waals surface area contributed by atoms with Crippen molar-refractivity contribution >= 4 is 0 Å². The van der Waals surface area contributed by atoms with Gasteiger partial charge in [-0.2, -0.15) is 5.92 Å². The Morgan fingerprint density at radius 3 is 1.89 bits per heavy atom. The third-order valence-corrected chi connectivity index (χ3v) is 6.63. The van der Waals surface area contributed by atoms with Crippen molar-refractivity contribution in [3.8, 4) is 11.4 Å². The summed E-state index contributed by atoms with van der Waals surface area (Å²) in [5.41, 5.74) is 1.83. The third kappa shape index (κ3) is 3.61. The van der Waals surface area contributed by atoms with Crippen molar-refractivity contribution in [2.24, 2.45) is 35.5 Å². The summed E-state index contributed by atoms with van der Waals surface area (Å²) < 4.78 is 0. The summed E-state index contributed by atoms with van der Waals surface area (Å²) in [5, 5.41) is 10.3. The Labute approximate surface area is 176 Å². The van der Waals surface area contributed by atoms with Gasteiger partial charge < -0.3 is 11.5 Å². The van der Waals surface area contributed by atoms with E-state index in [0.717, 1.165) is 23.2 Å². The van der Waals surface area contributed by atoms with E-state index in [9.17, 15) is 5.11 Å². The molecule has 1 N–H and O–H groups in total. The molecule has 3 nitrogen and oxygen atoms in total. The predicted molar refractivity (Wildman–Crippen MR) is 106 cm³/mol. The minimum absolute atomic E-state index is 0. The summed E-state index contributed by atoms with van der Waals surface area (Å²) in [4.78, 5) is 8.37. The van der Waals surface area contributed by atoms with Crippen LogP contribution < -0.4 is 0 Å². The van der Waals surface area contributed by atoms with E-state index < -0.39 is 0 Å². The first-order valence-electron chi connectivity index (χ1n) is 10.0. The summed E-state index contributed by atoms with van der Waals surface area (Å²) in [5.74, 6) is 3.78. The van der Waals surface area contributed by atoms with Crippen LogP contribution in [0.15, 0.2) is 73.1 Å². The molecule has 0 radical (unpaired) electrons. The molecule has 6 rings (SSSR count). The van der Waals surface area contributed by atoms with E-state index in [1.54, 1.807) is 12.4 Å². The quantitative estimate of drug-likeness (QED) is 0.450. The Bertz CT molecular complexity index is 801. The van der Waals surface area contributed by atoms with Crippen LogP contribution in [0.3, 0.4) is 0 Å². The summed E-state index contributed by atoms with van der Waals surface area (Å²) in [6.07, 6.45) is 17.8. The molecule has 28 heavy (non-hydrogen) atoms. The Kier molecular flexibility index (Phi) is 5.80. The van der Waals surface area contributed by atoms with Crippen molar-refractivity contribution in [2.45, 2.75) is 18.9 Å². The molecule has 4 heteroatoms. The molecule has 148 valence electrons. The van der Waals surface area contributed by atoms with Gasteiger partial charge in [-0.25, -0.2) is 0 Å². The zero-order valence-corrected chi connectivity index (χ0v) is 16.6. The molecule has 2 saturated carbocycles. The van der Waals surface area contributed by atoms with Gasteiger partial charge in [0.15, 0.2) is 0 Å². The summed E-state index contributed by atoms with van der Waals surface area (Å²) in [7, 11) is 0. The van der Waals surface area contributed by atoms with E-state index in [2.05, 4.69) is 40.7 Å². The predicted octanol–water partition coefficient (Wildman–Crippen LogP) is 4.34. The monoisotopic (exact) mass is 415 g/mol. The second-order valence-electron chi connectivity index (χ2n) is 8.16. The van der Waals surface area contributed by atoms with Gasteiger partial charge in [0.05, 0.1) is 17.5 Å². The van der Waals surface area contributed by atoms with E-state index in [1.807, 2.05) is 36.4 Å². The average molecular weight is 416 g/mol. The fourth-order valence-electron chi connectivity index (χ4n) is 5.40. The van der Waals surface area contributed by atoms with Gasteiger partial charge >= 0.3 is 0 Å². The number of pyridine rings is 2. The first kappa shape index (κ1) is 19.5. The largest absolute Gasteiger partial charge is 0.392 e. The minimum atomic E-state index is -0.0611. The number of fused-ring (bicyclic) bond motifs is 4. The van der Waals surface area contributed by atoms with Crippen LogP contribution in [0.2, 0.25) is 0 Å². The number of nitrogens with zero attached hydrogens (tertiary/aromatic N) is 2. The van der Waals surface area contributed by atoms with Gasteiger partial charge in [0.2, 0.25) is 0 Å². The fourth-order valence-corrected chi connectivity index (χ4v) is 5.40. The van der Waals surface area contributed by atoms with Gasteiger partial charge in [-0.1, -0.05) is 36.8 Å². The van der Waals surface area contributed by atoms with Crippen molar-refractivity contribution in [3.05, 3.63) is 79.5 Å². The van der Waals surface area contributed by atoms with Crippen LogP contribution in [-0.2, 0) is 16.5 Å². The summed E-state index contributed by atoms with van der Waals surface area (Å²) in [6, 6.07) is 11.6. The maximum absolute atomic E-state index is 10.3. The standard InChI is InChI=1S/C14H17O.C10H8N2.Ni/c15-14-11-4-3-10(7-11)13(14)12-6-8-1-2-9(12)5-8;1-3-7-11-9(5-1)10-6-2-4-8-12-10;/h1-4,6,8-15H,5,7H2;1-8H;/q-1;;/t8-,9+,10-,11+,12+,13+,14+;;/m0../s1. The Balaban J connectivity index is 0.000000136. The number of aromatic nitrogens is 2. The summed E-state index contributed by atoms with van der Waals surface area (Å²) in [6.45, 7) is 0. The van der Waals surface area contributed by atoms with E-state index in [1.165, 1.54) is 12.8 Å². The molecule has 2 aromatic rings. The van der Waals surface area contributed by atoms with Crippen LogP contribution >= 0.6 is 0 Å². The van der Waals surface area contributed by atoms with Crippen molar-refractivity contribution in [1.29, 1.82) is 0 Å². The number of hydrogen-bond donors (Lipinski definition) is 1. The van der Waals surface area contributed by atoms with Gasteiger partial charge in [-0.15, -0.1) is 12.0 Å². The van der Waals surface area contributed by atoms with Crippen molar-refractivity contribution in [2.75, 3.05) is 0 Å². The SMILES string of the molecule is O[C@H]1[C@@H]([C@@H]2[CH-][C@H]3C=C[C@@H]2C3)[C@H]2C=C[C@@H]1C2.[Ni].c1ccc(-c2ccccn2)nc1. The molecular weight excluding hydrogens is 391 g/mol. The second kappa shape index (κ2) is 8.31. The van der Waals surface area contributed by atoms with Gasteiger partial charge in [0, 0.05) is 34.8 Å². The number of rotatable bonds is 2. The molecular formula is C24H25N2NiO-. The van der Waals surface area contributed by atoms with Crippen molar-refractivity contribution in [1.82, 2.24) is 9.97 Å². The smallest absolute Gasteiger partial charge is 0.0886 e. The van der Waals surface area contributed by atoms with Crippen molar-refractivity contribution in [3.63, 3.8) is 0 Å². The molecule has 4 aliphatic rings. The minimum Gasteiger partial charge on any atom is -0.392 e. The van der Waals surface area contributed by atoms with E-state index in [4.69, 9.17) is 0 Å². The number of aliphatic hydroxyl groups excluding tert-OH is 1. The Hall–Kier alpha value is -1.77. The van der Waals surface area contributed by atoms with Gasteiger partial charge in [-0.05, 0) is 48.4 Å². The molecule has 0 amide bonds. The molecule has 4 aliphatic carbocycles. The number of aliphatic hydroxyl groups is 1. The van der Waals surface area contributed by atoms with Gasteiger partial charge in [0.1, 0.15) is 0 Å². The molecule has 0 unspecified atom stereocenters. The normalized spacial score (nSPS) is 36.1. The Morgan fingerprint density at radius 2 is 1.43 bits per heavy atom. The molecule has 2 fully saturated rings. The van der Waals surface area contributed by atoms with Crippen LogP contribution in [0.4, 0.5) is 0 Å². The van der Waals surface area contributed by atoms with Crippen molar-refractivity contribution < 1.29 is 21.6 Å². The average Bonchev–Trinajstić information content (AvgIpc) is 3.51. The molecule has 0 spiro atoms. The zero-order chi connectivity index (χ0) is 18.2. The molecule has 7 atom stereocenters.